The fourth-order valence-electron chi connectivity index (χ4n) is 3.07. The number of carbonyl (C=O) groups excluding carboxylic acids is 1. The average Bonchev–Trinajstić information content (AvgIpc) is 2.49. The lowest BCUT2D eigenvalue weighted by molar-refractivity contribution is -0.118. The maximum atomic E-state index is 12.4. The molecule has 0 aromatic heterocycles. The summed E-state index contributed by atoms with van der Waals surface area (Å²) >= 11 is 0. The molecule has 116 valence electrons. The van der Waals surface area contributed by atoms with Crippen molar-refractivity contribution < 1.29 is 4.79 Å². The van der Waals surface area contributed by atoms with E-state index in [9.17, 15) is 10.1 Å². The Balaban J connectivity index is 2.15. The van der Waals surface area contributed by atoms with Gasteiger partial charge in [0.2, 0.25) is 0 Å². The lowest BCUT2D eigenvalue weighted by atomic mass is 9.86. The second kappa shape index (κ2) is 7.26. The standard InChI is InChI=1S/C19H24N2O/c1-13-8-9-16(15(3)10-13)11-17(12-20)19(22)21-18-7-5-4-6-14(18)2/h8-11,14,18H,4-7H2,1-3H3,(H,21,22)/b17-11+. The summed E-state index contributed by atoms with van der Waals surface area (Å²) in [6, 6.07) is 8.25. The van der Waals surface area contributed by atoms with E-state index in [2.05, 4.69) is 18.3 Å². The first kappa shape index (κ1) is 16.3. The fourth-order valence-corrected chi connectivity index (χ4v) is 3.07. The average molecular weight is 296 g/mol. The number of aryl methyl sites for hydroxylation is 2. The summed E-state index contributed by atoms with van der Waals surface area (Å²) in [5.74, 6) is 0.236. The minimum atomic E-state index is -0.249. The molecule has 0 saturated heterocycles. The van der Waals surface area contributed by atoms with Crippen molar-refractivity contribution >= 4 is 12.0 Å². The van der Waals surface area contributed by atoms with Crippen molar-refractivity contribution in [1.29, 1.82) is 5.26 Å². The van der Waals surface area contributed by atoms with E-state index in [0.717, 1.165) is 30.4 Å². The maximum Gasteiger partial charge on any atom is 0.262 e. The Hall–Kier alpha value is -2.08. The van der Waals surface area contributed by atoms with E-state index in [0.29, 0.717) is 5.92 Å². The van der Waals surface area contributed by atoms with E-state index in [-0.39, 0.29) is 17.5 Å². The van der Waals surface area contributed by atoms with Gasteiger partial charge < -0.3 is 5.32 Å². The number of hydrogen-bond donors (Lipinski definition) is 1. The van der Waals surface area contributed by atoms with Crippen LogP contribution in [0.1, 0.15) is 49.3 Å². The van der Waals surface area contributed by atoms with Crippen molar-refractivity contribution in [2.75, 3.05) is 0 Å². The first-order valence-electron chi connectivity index (χ1n) is 8.01. The minimum absolute atomic E-state index is 0.185. The molecule has 3 heteroatoms. The molecule has 1 amide bonds. The fraction of sp³-hybridized carbons (Fsp3) is 0.474. The molecular formula is C19H24N2O. The van der Waals surface area contributed by atoms with Crippen LogP contribution < -0.4 is 5.32 Å². The largest absolute Gasteiger partial charge is 0.348 e. The zero-order valence-electron chi connectivity index (χ0n) is 13.6. The Morgan fingerprint density at radius 1 is 1.32 bits per heavy atom. The van der Waals surface area contributed by atoms with Crippen molar-refractivity contribution in [1.82, 2.24) is 5.32 Å². The van der Waals surface area contributed by atoms with Gasteiger partial charge in [-0.15, -0.1) is 0 Å². The molecule has 0 radical (unpaired) electrons. The molecule has 1 aliphatic carbocycles. The summed E-state index contributed by atoms with van der Waals surface area (Å²) < 4.78 is 0. The molecule has 1 aromatic carbocycles. The summed E-state index contributed by atoms with van der Waals surface area (Å²) in [6.45, 7) is 6.20. The topological polar surface area (TPSA) is 52.9 Å². The Morgan fingerprint density at radius 2 is 2.05 bits per heavy atom. The zero-order chi connectivity index (χ0) is 16.1. The molecule has 2 unspecified atom stereocenters. The molecular weight excluding hydrogens is 272 g/mol. The molecule has 0 aliphatic heterocycles. The van der Waals surface area contributed by atoms with E-state index in [1.54, 1.807) is 6.08 Å². The number of carbonyl (C=O) groups is 1. The van der Waals surface area contributed by atoms with Gasteiger partial charge in [-0.1, -0.05) is 43.5 Å². The number of nitrogens with one attached hydrogen (secondary N) is 1. The van der Waals surface area contributed by atoms with Gasteiger partial charge in [0.05, 0.1) is 0 Å². The van der Waals surface area contributed by atoms with Gasteiger partial charge in [-0.3, -0.25) is 4.79 Å². The van der Waals surface area contributed by atoms with Gasteiger partial charge in [-0.05, 0) is 49.8 Å². The molecule has 0 heterocycles. The van der Waals surface area contributed by atoms with Crippen LogP contribution in [0.5, 0.6) is 0 Å². The van der Waals surface area contributed by atoms with Gasteiger partial charge in [0.1, 0.15) is 11.6 Å². The molecule has 1 fully saturated rings. The van der Waals surface area contributed by atoms with Crippen molar-refractivity contribution in [2.45, 2.75) is 52.5 Å². The van der Waals surface area contributed by atoms with Crippen LogP contribution in [-0.4, -0.2) is 11.9 Å². The number of benzene rings is 1. The van der Waals surface area contributed by atoms with Crippen LogP contribution >= 0.6 is 0 Å². The SMILES string of the molecule is Cc1ccc(/C=C(\C#N)C(=O)NC2CCCCC2C)c(C)c1. The number of amides is 1. The predicted octanol–water partition coefficient (Wildman–Crippen LogP) is 3.91. The number of nitrogens with zero attached hydrogens (tertiary/aromatic N) is 1. The first-order valence-corrected chi connectivity index (χ1v) is 8.01. The summed E-state index contributed by atoms with van der Waals surface area (Å²) in [4.78, 5) is 12.4. The minimum Gasteiger partial charge on any atom is -0.348 e. The zero-order valence-corrected chi connectivity index (χ0v) is 13.6. The highest BCUT2D eigenvalue weighted by Gasteiger charge is 2.24. The normalized spacial score (nSPS) is 22.0. The quantitative estimate of drug-likeness (QED) is 0.679. The van der Waals surface area contributed by atoms with E-state index in [4.69, 9.17) is 0 Å². The molecule has 1 N–H and O–H groups in total. The van der Waals surface area contributed by atoms with Gasteiger partial charge in [0, 0.05) is 6.04 Å². The van der Waals surface area contributed by atoms with Crippen molar-refractivity contribution in [3.63, 3.8) is 0 Å². The van der Waals surface area contributed by atoms with E-state index >= 15 is 0 Å². The third-order valence-corrected chi connectivity index (χ3v) is 4.52. The van der Waals surface area contributed by atoms with Crippen LogP contribution in [0, 0.1) is 31.1 Å². The molecule has 0 bridgehead atoms. The number of nitriles is 1. The summed E-state index contributed by atoms with van der Waals surface area (Å²) in [5.41, 5.74) is 3.36. The van der Waals surface area contributed by atoms with E-state index in [1.165, 1.54) is 12.0 Å². The van der Waals surface area contributed by atoms with Gasteiger partial charge in [-0.25, -0.2) is 0 Å². The highest BCUT2D eigenvalue weighted by Crippen LogP contribution is 2.24. The lowest BCUT2D eigenvalue weighted by Crippen LogP contribution is -2.41. The van der Waals surface area contributed by atoms with Crippen molar-refractivity contribution in [2.24, 2.45) is 5.92 Å². The Bertz CT molecular complexity index is 625. The first-order chi connectivity index (χ1) is 10.5. The molecule has 1 saturated carbocycles. The van der Waals surface area contributed by atoms with Crippen LogP contribution in [0.25, 0.3) is 6.08 Å². The predicted molar refractivity (Wildman–Crippen MR) is 89.1 cm³/mol. The highest BCUT2D eigenvalue weighted by atomic mass is 16.1. The van der Waals surface area contributed by atoms with Gasteiger partial charge >= 0.3 is 0 Å². The number of rotatable bonds is 3. The van der Waals surface area contributed by atoms with Crippen molar-refractivity contribution in [3.05, 3.63) is 40.5 Å². The smallest absolute Gasteiger partial charge is 0.262 e. The van der Waals surface area contributed by atoms with E-state index < -0.39 is 0 Å². The van der Waals surface area contributed by atoms with E-state index in [1.807, 2.05) is 32.0 Å². The Kier molecular flexibility index (Phi) is 5.38. The summed E-state index contributed by atoms with van der Waals surface area (Å²) in [7, 11) is 0. The third-order valence-electron chi connectivity index (χ3n) is 4.52. The summed E-state index contributed by atoms with van der Waals surface area (Å²) in [5, 5.41) is 12.4. The van der Waals surface area contributed by atoms with Gasteiger partial charge in [0.15, 0.2) is 0 Å². The molecule has 2 rings (SSSR count). The Morgan fingerprint density at radius 3 is 2.68 bits per heavy atom. The molecule has 0 spiro atoms. The second-order valence-electron chi connectivity index (χ2n) is 6.37. The second-order valence-corrected chi connectivity index (χ2v) is 6.37. The monoisotopic (exact) mass is 296 g/mol. The number of hydrogen-bond acceptors (Lipinski definition) is 2. The maximum absolute atomic E-state index is 12.4. The third kappa shape index (κ3) is 3.98. The van der Waals surface area contributed by atoms with Crippen LogP contribution in [0.15, 0.2) is 23.8 Å². The molecule has 3 nitrogen and oxygen atoms in total. The van der Waals surface area contributed by atoms with Crippen LogP contribution in [-0.2, 0) is 4.79 Å². The van der Waals surface area contributed by atoms with Crippen LogP contribution in [0.3, 0.4) is 0 Å². The van der Waals surface area contributed by atoms with Crippen LogP contribution in [0.4, 0.5) is 0 Å². The lowest BCUT2D eigenvalue weighted by Gasteiger charge is -2.29. The highest BCUT2D eigenvalue weighted by molar-refractivity contribution is 6.02. The van der Waals surface area contributed by atoms with Gasteiger partial charge in [-0.2, -0.15) is 5.26 Å². The Labute approximate surface area is 133 Å². The molecule has 1 aromatic rings. The molecule has 1 aliphatic rings. The van der Waals surface area contributed by atoms with Crippen molar-refractivity contribution in [3.8, 4) is 6.07 Å². The summed E-state index contributed by atoms with van der Waals surface area (Å²) in [6.07, 6.45) is 6.23. The molecule has 2 atom stereocenters. The molecule has 22 heavy (non-hydrogen) atoms. The van der Waals surface area contributed by atoms with Gasteiger partial charge in [0.25, 0.3) is 5.91 Å². The van der Waals surface area contributed by atoms with Crippen LogP contribution in [0.2, 0.25) is 0 Å².